The average Bonchev–Trinajstić information content (AvgIpc) is 2.99. The first kappa shape index (κ1) is 44.1. The Kier molecular flexibility index (Phi) is 27.0. The van der Waals surface area contributed by atoms with Gasteiger partial charge in [0.1, 0.15) is 13.1 Å². The minimum Gasteiger partial charge on any atom is -0.550 e. The molecule has 268 valence electrons. The molecular formula is C40H74N2O4. The molecule has 0 atom stereocenters. The summed E-state index contributed by atoms with van der Waals surface area (Å²) in [4.78, 5) is 19.0. The number of nitrogens with zero attached hydrogens (tertiary/aromatic N) is 2. The molecule has 0 bridgehead atoms. The minimum absolute atomic E-state index is 0.470. The molecule has 0 radical (unpaired) electrons. The maximum atomic E-state index is 9.50. The van der Waals surface area contributed by atoms with Crippen molar-refractivity contribution in [3.05, 3.63) is 35.4 Å². The maximum absolute atomic E-state index is 9.50. The lowest BCUT2D eigenvalue weighted by Crippen LogP contribution is -2.40. The molecule has 46 heavy (non-hydrogen) atoms. The number of quaternary nitrogens is 2. The molecule has 0 aliphatic heterocycles. The second kappa shape index (κ2) is 28.1. The van der Waals surface area contributed by atoms with Crippen molar-refractivity contribution in [2.45, 2.75) is 168 Å². The van der Waals surface area contributed by atoms with Crippen LogP contribution in [0.3, 0.4) is 0 Å². The zero-order chi connectivity index (χ0) is 34.5. The van der Waals surface area contributed by atoms with Crippen LogP contribution in [0.5, 0.6) is 0 Å². The number of benzene rings is 1. The lowest BCUT2D eigenvalue weighted by Gasteiger charge is -2.31. The van der Waals surface area contributed by atoms with Crippen molar-refractivity contribution in [1.82, 2.24) is 0 Å². The summed E-state index contributed by atoms with van der Waals surface area (Å²) < 4.78 is 2.22. The molecule has 0 heterocycles. The standard InChI is InChI=1S/C36H70N2.C4H6O4/c1-7-9-11-13-15-17-19-21-23-25-31-37(3,4)33-35-27-29-36(30-28-35)34-38(5,6)32-26-24-22-20-18-16-14-12-10-8-2;5-3(6)1-2-4(7)8/h27-30H,7-26,31-34H2,1-6H3;1-2H2,(H,5,6)(H,7,8)/q+2;/p-2. The van der Waals surface area contributed by atoms with Gasteiger partial charge in [-0.2, -0.15) is 0 Å². The fourth-order valence-electron chi connectivity index (χ4n) is 6.16. The highest BCUT2D eigenvalue weighted by Crippen LogP contribution is 2.18. The number of hydrogen-bond acceptors (Lipinski definition) is 4. The van der Waals surface area contributed by atoms with Crippen molar-refractivity contribution < 1.29 is 28.8 Å². The maximum Gasteiger partial charge on any atom is 0.104 e. The topological polar surface area (TPSA) is 80.3 Å². The Hall–Kier alpha value is -1.92. The van der Waals surface area contributed by atoms with Gasteiger partial charge >= 0.3 is 0 Å². The molecule has 1 rings (SSSR count). The monoisotopic (exact) mass is 647 g/mol. The molecule has 0 saturated heterocycles. The van der Waals surface area contributed by atoms with Gasteiger partial charge < -0.3 is 28.8 Å². The summed E-state index contributed by atoms with van der Waals surface area (Å²) in [5.41, 5.74) is 2.98. The zero-order valence-electron chi connectivity index (χ0n) is 31.2. The van der Waals surface area contributed by atoms with Gasteiger partial charge in [-0.05, 0) is 38.5 Å². The van der Waals surface area contributed by atoms with Crippen LogP contribution in [0.2, 0.25) is 0 Å². The molecule has 0 N–H and O–H groups in total. The summed E-state index contributed by atoms with van der Waals surface area (Å²) in [5.74, 6) is -2.73. The third kappa shape index (κ3) is 29.5. The molecule has 0 fully saturated rings. The van der Waals surface area contributed by atoms with Crippen molar-refractivity contribution in [3.8, 4) is 0 Å². The fraction of sp³-hybridized carbons (Fsp3) is 0.800. The van der Waals surface area contributed by atoms with E-state index in [1.165, 1.54) is 153 Å². The fourth-order valence-corrected chi connectivity index (χ4v) is 6.16. The van der Waals surface area contributed by atoms with Gasteiger partial charge in [0, 0.05) is 23.1 Å². The molecule has 0 amide bonds. The van der Waals surface area contributed by atoms with Crippen LogP contribution in [-0.2, 0) is 22.7 Å². The van der Waals surface area contributed by atoms with E-state index in [4.69, 9.17) is 0 Å². The predicted octanol–water partition coefficient (Wildman–Crippen LogP) is 7.95. The Morgan fingerprint density at radius 3 is 0.935 bits per heavy atom. The first-order chi connectivity index (χ1) is 21.9. The van der Waals surface area contributed by atoms with Crippen molar-refractivity contribution in [1.29, 1.82) is 0 Å². The minimum atomic E-state index is -1.37. The lowest BCUT2D eigenvalue weighted by atomic mass is 10.1. The normalized spacial score (nSPS) is 11.7. The van der Waals surface area contributed by atoms with Crippen LogP contribution in [0.1, 0.15) is 166 Å². The summed E-state index contributed by atoms with van der Waals surface area (Å²) in [5, 5.41) is 19.0. The highest BCUT2D eigenvalue weighted by Gasteiger charge is 2.18. The average molecular weight is 647 g/mol. The SMILES string of the molecule is CCCCCCCCCCCC[N+](C)(C)Cc1ccc(C[N+](C)(C)CCCCCCCCCCCC)cc1.O=C([O-])CCC(=O)[O-]. The Labute approximate surface area is 285 Å². The quantitative estimate of drug-likeness (QED) is 0.0654. The molecule has 0 spiro atoms. The first-order valence-corrected chi connectivity index (χ1v) is 19.0. The molecule has 0 aromatic heterocycles. The van der Waals surface area contributed by atoms with Crippen molar-refractivity contribution in [3.63, 3.8) is 0 Å². The summed E-state index contributed by atoms with van der Waals surface area (Å²) in [7, 11) is 9.64. The third-order valence-corrected chi connectivity index (χ3v) is 9.01. The Balaban J connectivity index is 0.00000222. The van der Waals surface area contributed by atoms with E-state index in [9.17, 15) is 19.8 Å². The number of carboxylic acids is 2. The smallest absolute Gasteiger partial charge is 0.104 e. The molecule has 0 saturated carbocycles. The first-order valence-electron chi connectivity index (χ1n) is 19.0. The van der Waals surface area contributed by atoms with E-state index in [-0.39, 0.29) is 0 Å². The van der Waals surface area contributed by atoms with Gasteiger partial charge in [-0.3, -0.25) is 0 Å². The second-order valence-corrected chi connectivity index (χ2v) is 15.1. The second-order valence-electron chi connectivity index (χ2n) is 15.1. The van der Waals surface area contributed by atoms with E-state index in [2.05, 4.69) is 66.3 Å². The number of carbonyl (C=O) groups excluding carboxylic acids is 2. The van der Waals surface area contributed by atoms with Gasteiger partial charge in [0.15, 0.2) is 0 Å². The highest BCUT2D eigenvalue weighted by atomic mass is 16.4. The van der Waals surface area contributed by atoms with E-state index in [0.717, 1.165) is 22.1 Å². The van der Waals surface area contributed by atoms with Crippen LogP contribution in [0, 0.1) is 0 Å². The predicted molar refractivity (Wildman–Crippen MR) is 191 cm³/mol. The van der Waals surface area contributed by atoms with Gasteiger partial charge in [-0.25, -0.2) is 0 Å². The van der Waals surface area contributed by atoms with Crippen molar-refractivity contribution in [2.75, 3.05) is 41.3 Å². The van der Waals surface area contributed by atoms with E-state index in [0.29, 0.717) is 0 Å². The van der Waals surface area contributed by atoms with E-state index in [1.54, 1.807) is 0 Å². The summed E-state index contributed by atoms with van der Waals surface area (Å²) >= 11 is 0. The van der Waals surface area contributed by atoms with Gasteiger partial charge in [0.2, 0.25) is 0 Å². The Morgan fingerprint density at radius 2 is 0.696 bits per heavy atom. The summed E-state index contributed by atoms with van der Waals surface area (Å²) in [6.07, 6.45) is 27.5. The zero-order valence-corrected chi connectivity index (χ0v) is 31.2. The number of carbonyl (C=O) groups is 2. The molecular weight excluding hydrogens is 572 g/mol. The molecule has 6 nitrogen and oxygen atoms in total. The molecule has 6 heteroatoms. The Morgan fingerprint density at radius 1 is 0.457 bits per heavy atom. The highest BCUT2D eigenvalue weighted by molar-refractivity contribution is 5.72. The van der Waals surface area contributed by atoms with Gasteiger partial charge in [-0.15, -0.1) is 0 Å². The van der Waals surface area contributed by atoms with Crippen LogP contribution >= 0.6 is 0 Å². The van der Waals surface area contributed by atoms with E-state index < -0.39 is 24.8 Å². The van der Waals surface area contributed by atoms with Gasteiger partial charge in [-0.1, -0.05) is 141 Å². The molecule has 0 aliphatic carbocycles. The molecule has 0 unspecified atom stereocenters. The number of aliphatic carboxylic acids is 2. The van der Waals surface area contributed by atoms with Crippen LogP contribution in [-0.4, -0.2) is 62.2 Å². The largest absolute Gasteiger partial charge is 0.550 e. The number of hydrogen-bond donors (Lipinski definition) is 0. The number of rotatable bonds is 29. The number of carboxylic acid groups (broad SMARTS) is 2. The Bertz CT molecular complexity index is 796. The van der Waals surface area contributed by atoms with E-state index >= 15 is 0 Å². The van der Waals surface area contributed by atoms with Crippen LogP contribution < -0.4 is 10.2 Å². The van der Waals surface area contributed by atoms with E-state index in [1.807, 2.05) is 0 Å². The van der Waals surface area contributed by atoms with Crippen LogP contribution in [0.25, 0.3) is 0 Å². The van der Waals surface area contributed by atoms with Crippen LogP contribution in [0.15, 0.2) is 24.3 Å². The number of unbranched alkanes of at least 4 members (excludes halogenated alkanes) is 18. The van der Waals surface area contributed by atoms with Gasteiger partial charge in [0.05, 0.1) is 41.3 Å². The molecule has 1 aromatic carbocycles. The van der Waals surface area contributed by atoms with Crippen molar-refractivity contribution >= 4 is 11.9 Å². The summed E-state index contributed by atoms with van der Waals surface area (Å²) in [6, 6.07) is 9.59. The summed E-state index contributed by atoms with van der Waals surface area (Å²) in [6.45, 7) is 9.48. The third-order valence-electron chi connectivity index (χ3n) is 9.01. The van der Waals surface area contributed by atoms with Crippen molar-refractivity contribution in [2.24, 2.45) is 0 Å². The molecule has 1 aromatic rings. The lowest BCUT2D eigenvalue weighted by molar-refractivity contribution is -0.904. The van der Waals surface area contributed by atoms with Gasteiger partial charge in [0.25, 0.3) is 0 Å². The van der Waals surface area contributed by atoms with Crippen LogP contribution in [0.4, 0.5) is 0 Å². The molecule has 0 aliphatic rings.